The number of nitrogens with zero attached hydrogens (tertiary/aromatic N) is 3. The third-order valence-electron chi connectivity index (χ3n) is 7.24. The van der Waals surface area contributed by atoms with Gasteiger partial charge in [-0.25, -0.2) is 15.0 Å². The molecule has 37 heavy (non-hydrogen) atoms. The van der Waals surface area contributed by atoms with Crippen LogP contribution in [0.3, 0.4) is 0 Å². The van der Waals surface area contributed by atoms with Gasteiger partial charge in [-0.3, -0.25) is 9.85 Å². The molecular formula is C27H43ClN4O5. The molecule has 2 heterocycles. The molecule has 3 atom stereocenters. The van der Waals surface area contributed by atoms with Gasteiger partial charge in [-0.1, -0.05) is 30.2 Å². The number of hydroxylamine groups is 2. The summed E-state index contributed by atoms with van der Waals surface area (Å²) >= 11 is 6.29. The number of urea groups is 1. The van der Waals surface area contributed by atoms with Gasteiger partial charge in [0, 0.05) is 57.4 Å². The van der Waals surface area contributed by atoms with Crippen molar-refractivity contribution in [3.8, 4) is 0 Å². The first-order valence-corrected chi connectivity index (χ1v) is 13.9. The Morgan fingerprint density at radius 1 is 1.27 bits per heavy atom. The average molecular weight is 539 g/mol. The predicted octanol–water partition coefficient (Wildman–Crippen LogP) is 5.27. The minimum Gasteiger partial charge on any atom is -0.451 e. The van der Waals surface area contributed by atoms with E-state index in [1.54, 1.807) is 12.1 Å². The number of nitrogens with one attached hydrogen (secondary N) is 1. The highest BCUT2D eigenvalue weighted by Crippen LogP contribution is 2.35. The molecule has 9 nitrogen and oxygen atoms in total. The van der Waals surface area contributed by atoms with Crippen LogP contribution in [0.2, 0.25) is 5.02 Å². The van der Waals surface area contributed by atoms with E-state index in [-0.39, 0.29) is 11.9 Å². The van der Waals surface area contributed by atoms with Crippen LogP contribution in [0.5, 0.6) is 0 Å². The summed E-state index contributed by atoms with van der Waals surface area (Å²) in [6, 6.07) is 7.45. The highest BCUT2D eigenvalue weighted by molar-refractivity contribution is 6.30. The maximum Gasteiger partial charge on any atom is 0.433 e. The predicted molar refractivity (Wildman–Crippen MR) is 143 cm³/mol. The van der Waals surface area contributed by atoms with Crippen molar-refractivity contribution in [2.75, 3.05) is 53.6 Å². The molecule has 2 aliphatic rings. The van der Waals surface area contributed by atoms with Gasteiger partial charge in [-0.05, 0) is 69.1 Å². The third-order valence-corrected chi connectivity index (χ3v) is 7.47. The Kier molecular flexibility index (Phi) is 12.2. The molecule has 0 aromatic heterocycles. The first-order valence-electron chi connectivity index (χ1n) is 13.6. The number of likely N-dealkylation sites (tertiary alicyclic amines) is 1. The zero-order valence-corrected chi connectivity index (χ0v) is 23.3. The van der Waals surface area contributed by atoms with Gasteiger partial charge in [0.25, 0.3) is 0 Å². The molecule has 2 fully saturated rings. The Morgan fingerprint density at radius 2 is 2.11 bits per heavy atom. The van der Waals surface area contributed by atoms with Crippen molar-refractivity contribution in [1.82, 2.24) is 20.4 Å². The quantitative estimate of drug-likeness (QED) is 0.409. The molecule has 10 heteroatoms. The molecule has 2 saturated heterocycles. The molecule has 3 rings (SSSR count). The molecule has 0 aliphatic carbocycles. The van der Waals surface area contributed by atoms with E-state index < -0.39 is 12.2 Å². The number of piperidine rings is 1. The summed E-state index contributed by atoms with van der Waals surface area (Å²) in [7, 11) is 3.13. The molecule has 3 amide bonds. The lowest BCUT2D eigenvalue weighted by atomic mass is 9.88. The van der Waals surface area contributed by atoms with Gasteiger partial charge >= 0.3 is 12.1 Å². The molecule has 1 aromatic carbocycles. The number of hydrogen-bond donors (Lipinski definition) is 1. The summed E-state index contributed by atoms with van der Waals surface area (Å²) in [5.41, 5.74) is 3.96. The number of ether oxygens (including phenoxy) is 2. The summed E-state index contributed by atoms with van der Waals surface area (Å²) in [6.45, 7) is 5.69. The maximum atomic E-state index is 13.5. The molecule has 0 bridgehead atoms. The lowest BCUT2D eigenvalue weighted by Gasteiger charge is -2.39. The van der Waals surface area contributed by atoms with Gasteiger partial charge in [0.05, 0.1) is 7.11 Å². The van der Waals surface area contributed by atoms with Gasteiger partial charge in [0.2, 0.25) is 0 Å². The van der Waals surface area contributed by atoms with Crippen molar-refractivity contribution in [2.24, 2.45) is 11.8 Å². The highest BCUT2D eigenvalue weighted by Gasteiger charge is 2.35. The van der Waals surface area contributed by atoms with Crippen LogP contribution in [0, 0.1) is 11.8 Å². The molecule has 1 N–H and O–H groups in total. The third kappa shape index (κ3) is 8.74. The number of benzene rings is 1. The fourth-order valence-electron chi connectivity index (χ4n) is 5.23. The van der Waals surface area contributed by atoms with Gasteiger partial charge in [0.15, 0.2) is 0 Å². The van der Waals surface area contributed by atoms with E-state index in [0.29, 0.717) is 37.1 Å². The summed E-state index contributed by atoms with van der Waals surface area (Å²) in [5.74, 6) is 0.555. The van der Waals surface area contributed by atoms with Gasteiger partial charge in [0.1, 0.15) is 6.10 Å². The summed E-state index contributed by atoms with van der Waals surface area (Å²) in [5, 5.41) is 3.53. The fraction of sp³-hybridized carbons (Fsp3) is 0.704. The van der Waals surface area contributed by atoms with Crippen molar-refractivity contribution in [1.29, 1.82) is 0 Å². The summed E-state index contributed by atoms with van der Waals surface area (Å²) < 4.78 is 10.6. The van der Waals surface area contributed by atoms with Crippen LogP contribution in [0.4, 0.5) is 9.59 Å². The van der Waals surface area contributed by atoms with Crippen LogP contribution in [0.1, 0.15) is 63.5 Å². The zero-order chi connectivity index (χ0) is 26.6. The number of carbonyl (C=O) groups is 2. The maximum absolute atomic E-state index is 13.5. The van der Waals surface area contributed by atoms with E-state index in [1.165, 1.54) is 25.0 Å². The Morgan fingerprint density at radius 3 is 2.84 bits per heavy atom. The summed E-state index contributed by atoms with van der Waals surface area (Å²) in [6.07, 6.45) is 6.24. The average Bonchev–Trinajstić information content (AvgIpc) is 3.20. The number of hydrazine groups is 1. The van der Waals surface area contributed by atoms with Crippen molar-refractivity contribution in [3.05, 3.63) is 34.9 Å². The van der Waals surface area contributed by atoms with Crippen LogP contribution in [-0.2, 0) is 14.3 Å². The number of hydrogen-bond acceptors (Lipinski definition) is 6. The minimum atomic E-state index is -0.557. The smallest absolute Gasteiger partial charge is 0.433 e. The van der Waals surface area contributed by atoms with E-state index >= 15 is 0 Å². The van der Waals surface area contributed by atoms with E-state index in [1.807, 2.05) is 36.1 Å². The van der Waals surface area contributed by atoms with Crippen molar-refractivity contribution in [2.45, 2.75) is 58.0 Å². The first-order chi connectivity index (χ1) is 18.0. The van der Waals surface area contributed by atoms with E-state index in [0.717, 1.165) is 50.9 Å². The SMILES string of the molecule is CCN(O[C@@H](c1cccc(Cl)c1)C1CCCN(C(=O)N(CCCC2CCCCOC2)NC)C1)C(=O)OC. The Hall–Kier alpha value is -2.07. The molecule has 208 valence electrons. The first kappa shape index (κ1) is 29.5. The van der Waals surface area contributed by atoms with Crippen LogP contribution < -0.4 is 5.43 Å². The van der Waals surface area contributed by atoms with Gasteiger partial charge < -0.3 is 14.4 Å². The molecule has 0 saturated carbocycles. The lowest BCUT2D eigenvalue weighted by molar-refractivity contribution is -0.193. The molecule has 0 radical (unpaired) electrons. The molecule has 0 spiro atoms. The molecular weight excluding hydrogens is 496 g/mol. The van der Waals surface area contributed by atoms with E-state index in [4.69, 9.17) is 25.9 Å². The van der Waals surface area contributed by atoms with Crippen molar-refractivity contribution in [3.63, 3.8) is 0 Å². The van der Waals surface area contributed by atoms with Crippen LogP contribution >= 0.6 is 11.6 Å². The Labute approximate surface area is 226 Å². The lowest BCUT2D eigenvalue weighted by Crippen LogP contribution is -2.52. The second-order valence-electron chi connectivity index (χ2n) is 9.83. The number of methoxy groups -OCH3 is 1. The molecule has 1 aromatic rings. The second-order valence-corrected chi connectivity index (χ2v) is 10.3. The molecule has 2 aliphatic heterocycles. The van der Waals surface area contributed by atoms with Crippen LogP contribution in [-0.4, -0.2) is 80.6 Å². The Bertz CT molecular complexity index is 852. The zero-order valence-electron chi connectivity index (χ0n) is 22.5. The number of rotatable bonds is 10. The van der Waals surface area contributed by atoms with Crippen molar-refractivity contribution >= 4 is 23.7 Å². The Balaban J connectivity index is 1.66. The standard InChI is InChI=1S/C27H43ClN4O5/c1-4-32(27(34)35-3)37-25(22-12-7-14-24(28)18-22)23-13-9-15-30(19-23)26(33)31(29-2)16-8-11-21-10-5-6-17-36-20-21/h7,12,14,18,21,23,25,29H,4-6,8-11,13,15-17,19-20H2,1-3H3/t21?,23?,25-/m0/s1. The van der Waals surface area contributed by atoms with Crippen molar-refractivity contribution < 1.29 is 23.9 Å². The topological polar surface area (TPSA) is 83.6 Å². The second kappa shape index (κ2) is 15.4. The minimum absolute atomic E-state index is 0.0169. The fourth-order valence-corrected chi connectivity index (χ4v) is 5.43. The van der Waals surface area contributed by atoms with Gasteiger partial charge in [-0.15, -0.1) is 0 Å². The monoisotopic (exact) mass is 538 g/mol. The largest absolute Gasteiger partial charge is 0.451 e. The van der Waals surface area contributed by atoms with E-state index in [2.05, 4.69) is 5.43 Å². The number of amides is 3. The summed E-state index contributed by atoms with van der Waals surface area (Å²) in [4.78, 5) is 33.8. The molecule has 2 unspecified atom stereocenters. The van der Waals surface area contributed by atoms with E-state index in [9.17, 15) is 9.59 Å². The number of halogens is 1. The normalized spacial score (nSPS) is 21.1. The van der Waals surface area contributed by atoms with Gasteiger partial charge in [-0.2, -0.15) is 5.06 Å². The van der Waals surface area contributed by atoms with Crippen LogP contribution in [0.15, 0.2) is 24.3 Å². The highest BCUT2D eigenvalue weighted by atomic mass is 35.5. The van der Waals surface area contributed by atoms with Crippen LogP contribution in [0.25, 0.3) is 0 Å². The number of carbonyl (C=O) groups excluding carboxylic acids is 2.